The van der Waals surface area contributed by atoms with E-state index in [0.29, 0.717) is 33.4 Å². The highest BCUT2D eigenvalue weighted by atomic mass is 35.5. The van der Waals surface area contributed by atoms with Crippen LogP contribution in [-0.2, 0) is 0 Å². The molecule has 6 nitrogen and oxygen atoms in total. The lowest BCUT2D eigenvalue weighted by Crippen LogP contribution is -2.10. The van der Waals surface area contributed by atoms with Crippen LogP contribution in [0.1, 0.15) is 21.5 Å². The van der Waals surface area contributed by atoms with Crippen LogP contribution in [0.15, 0.2) is 88.3 Å². The first-order chi connectivity index (χ1) is 17.9. The number of aryl methyl sites for hydroxylation is 1. The number of aromatic nitrogens is 1. The van der Waals surface area contributed by atoms with Crippen LogP contribution in [0.25, 0.3) is 22.6 Å². The van der Waals surface area contributed by atoms with E-state index in [4.69, 9.17) is 37.1 Å². The number of methoxy groups -OCH3 is 1. The molecule has 0 spiro atoms. The van der Waals surface area contributed by atoms with E-state index in [1.807, 2.05) is 49.4 Å². The summed E-state index contributed by atoms with van der Waals surface area (Å²) in [5.74, 6) is 0.568. The highest BCUT2D eigenvalue weighted by Gasteiger charge is 2.16. The molecule has 0 atom stereocenters. The Bertz CT molecular complexity index is 1640. The molecule has 0 amide bonds. The van der Waals surface area contributed by atoms with Gasteiger partial charge in [0.15, 0.2) is 17.1 Å². The van der Waals surface area contributed by atoms with Crippen LogP contribution >= 0.6 is 23.2 Å². The van der Waals surface area contributed by atoms with E-state index in [-0.39, 0.29) is 16.3 Å². The van der Waals surface area contributed by atoms with Crippen molar-refractivity contribution in [3.8, 4) is 23.0 Å². The Balaban J connectivity index is 1.34. The van der Waals surface area contributed by atoms with Crippen LogP contribution in [-0.4, -0.2) is 24.3 Å². The van der Waals surface area contributed by atoms with Gasteiger partial charge in [0.2, 0.25) is 5.89 Å². The molecule has 0 saturated heterocycles. The number of rotatable bonds is 6. The third-order valence-electron chi connectivity index (χ3n) is 5.57. The molecule has 5 aromatic rings. The second-order valence-corrected chi connectivity index (χ2v) is 9.06. The SMILES string of the molecule is COc1cc(C=Nc2ccc3oc(-c4ccc(C)cc4)nc3c2)ccc1OC(=O)c1ccc(Cl)cc1Cl. The second-order valence-electron chi connectivity index (χ2n) is 8.22. The molecule has 0 aliphatic rings. The van der Waals surface area contributed by atoms with Crippen LogP contribution in [0.3, 0.4) is 0 Å². The number of carbonyl (C=O) groups excluding carboxylic acids is 1. The van der Waals surface area contributed by atoms with E-state index < -0.39 is 5.97 Å². The number of fused-ring (bicyclic) bond motifs is 1. The Morgan fingerprint density at radius 3 is 2.51 bits per heavy atom. The average molecular weight is 531 g/mol. The van der Waals surface area contributed by atoms with E-state index in [1.165, 1.54) is 24.8 Å². The third kappa shape index (κ3) is 5.50. The van der Waals surface area contributed by atoms with Crippen molar-refractivity contribution in [2.24, 2.45) is 4.99 Å². The Hall–Kier alpha value is -4.13. The number of hydrogen-bond acceptors (Lipinski definition) is 6. The Labute approximate surface area is 223 Å². The van der Waals surface area contributed by atoms with Crippen LogP contribution in [0.5, 0.6) is 11.5 Å². The van der Waals surface area contributed by atoms with Crippen LogP contribution < -0.4 is 9.47 Å². The number of halogens is 2. The van der Waals surface area contributed by atoms with Crippen molar-refractivity contribution >= 4 is 52.2 Å². The zero-order chi connectivity index (χ0) is 25.9. The number of esters is 1. The minimum Gasteiger partial charge on any atom is -0.493 e. The van der Waals surface area contributed by atoms with Crippen LogP contribution in [0.2, 0.25) is 10.0 Å². The van der Waals surface area contributed by atoms with Crippen LogP contribution in [0, 0.1) is 6.92 Å². The highest BCUT2D eigenvalue weighted by Crippen LogP contribution is 2.31. The van der Waals surface area contributed by atoms with Crippen molar-refractivity contribution in [3.05, 3.63) is 106 Å². The zero-order valence-corrected chi connectivity index (χ0v) is 21.4. The maximum Gasteiger partial charge on any atom is 0.345 e. The molecule has 0 bridgehead atoms. The third-order valence-corrected chi connectivity index (χ3v) is 6.12. The zero-order valence-electron chi connectivity index (χ0n) is 19.9. The Kier molecular flexibility index (Phi) is 6.95. The topological polar surface area (TPSA) is 73.9 Å². The smallest absolute Gasteiger partial charge is 0.345 e. The molecule has 0 aliphatic carbocycles. The van der Waals surface area contributed by atoms with Gasteiger partial charge in [-0.05, 0) is 79.2 Å². The first-order valence-electron chi connectivity index (χ1n) is 11.3. The second kappa shape index (κ2) is 10.5. The number of oxazole rings is 1. The number of nitrogens with zero attached hydrogens (tertiary/aromatic N) is 2. The fourth-order valence-corrected chi connectivity index (χ4v) is 4.11. The summed E-state index contributed by atoms with van der Waals surface area (Å²) < 4.78 is 16.8. The first kappa shape index (κ1) is 24.6. The lowest BCUT2D eigenvalue weighted by molar-refractivity contribution is 0.0730. The maximum atomic E-state index is 12.6. The molecule has 8 heteroatoms. The number of hydrogen-bond donors (Lipinski definition) is 0. The fraction of sp³-hybridized carbons (Fsp3) is 0.0690. The fourth-order valence-electron chi connectivity index (χ4n) is 3.62. The monoisotopic (exact) mass is 530 g/mol. The van der Waals surface area contributed by atoms with Gasteiger partial charge in [-0.1, -0.05) is 40.9 Å². The van der Waals surface area contributed by atoms with Crippen molar-refractivity contribution in [3.63, 3.8) is 0 Å². The molecule has 0 unspecified atom stereocenters. The molecule has 0 N–H and O–H groups in total. The summed E-state index contributed by atoms with van der Waals surface area (Å²) in [6.07, 6.45) is 1.69. The van der Waals surface area contributed by atoms with E-state index >= 15 is 0 Å². The van der Waals surface area contributed by atoms with E-state index in [9.17, 15) is 4.79 Å². The minimum absolute atomic E-state index is 0.201. The minimum atomic E-state index is -0.618. The van der Waals surface area contributed by atoms with Gasteiger partial charge in [0.1, 0.15) is 5.52 Å². The molecule has 1 aromatic heterocycles. The standard InChI is InChI=1S/C29H20Cl2N2O4/c1-17-3-6-19(7-4-17)28-33-24-15-21(9-12-25(24)36-28)32-16-18-5-11-26(27(13-18)35-2)37-29(34)22-10-8-20(30)14-23(22)31/h3-16H,1-2H3. The van der Waals surface area contributed by atoms with Crippen molar-refractivity contribution in [1.82, 2.24) is 4.98 Å². The van der Waals surface area contributed by atoms with Crippen molar-refractivity contribution < 1.29 is 18.7 Å². The first-order valence-corrected chi connectivity index (χ1v) is 12.0. The molecule has 37 heavy (non-hydrogen) atoms. The lowest BCUT2D eigenvalue weighted by Gasteiger charge is -2.10. The molecular weight excluding hydrogens is 511 g/mol. The normalized spacial score (nSPS) is 11.2. The Morgan fingerprint density at radius 1 is 0.946 bits per heavy atom. The number of ether oxygens (including phenoxy) is 2. The largest absolute Gasteiger partial charge is 0.493 e. The van der Waals surface area contributed by atoms with E-state index in [2.05, 4.69) is 9.98 Å². The van der Waals surface area contributed by atoms with Crippen molar-refractivity contribution in [2.45, 2.75) is 6.92 Å². The molecule has 184 valence electrons. The predicted molar refractivity (Wildman–Crippen MR) is 146 cm³/mol. The quantitative estimate of drug-likeness (QED) is 0.126. The summed E-state index contributed by atoms with van der Waals surface area (Å²) in [6.45, 7) is 2.03. The summed E-state index contributed by atoms with van der Waals surface area (Å²) >= 11 is 12.0. The molecular formula is C29H20Cl2N2O4. The molecule has 0 saturated carbocycles. The van der Waals surface area contributed by atoms with Gasteiger partial charge in [-0.3, -0.25) is 4.99 Å². The van der Waals surface area contributed by atoms with Gasteiger partial charge in [-0.25, -0.2) is 9.78 Å². The van der Waals surface area contributed by atoms with Gasteiger partial charge in [0.05, 0.1) is 23.4 Å². The maximum absolute atomic E-state index is 12.6. The van der Waals surface area contributed by atoms with Gasteiger partial charge in [0.25, 0.3) is 0 Å². The Morgan fingerprint density at radius 2 is 1.76 bits per heavy atom. The van der Waals surface area contributed by atoms with Gasteiger partial charge in [-0.2, -0.15) is 0 Å². The molecule has 1 heterocycles. The number of aliphatic imine (C=N–C) groups is 1. The highest BCUT2D eigenvalue weighted by molar-refractivity contribution is 6.36. The predicted octanol–water partition coefficient (Wildman–Crippen LogP) is 8.09. The summed E-state index contributed by atoms with van der Waals surface area (Å²) in [6, 6.07) is 23.3. The average Bonchev–Trinajstić information content (AvgIpc) is 3.32. The van der Waals surface area contributed by atoms with Gasteiger partial charge in [0, 0.05) is 16.8 Å². The summed E-state index contributed by atoms with van der Waals surface area (Å²) in [4.78, 5) is 21.7. The summed E-state index contributed by atoms with van der Waals surface area (Å²) in [7, 11) is 1.49. The summed E-state index contributed by atoms with van der Waals surface area (Å²) in [5, 5.41) is 0.632. The van der Waals surface area contributed by atoms with Gasteiger partial charge >= 0.3 is 5.97 Å². The van der Waals surface area contributed by atoms with Gasteiger partial charge < -0.3 is 13.9 Å². The van der Waals surface area contributed by atoms with Crippen molar-refractivity contribution in [2.75, 3.05) is 7.11 Å². The molecule has 0 aliphatic heterocycles. The van der Waals surface area contributed by atoms with Gasteiger partial charge in [-0.15, -0.1) is 0 Å². The lowest BCUT2D eigenvalue weighted by atomic mass is 10.1. The number of carbonyl (C=O) groups is 1. The van der Waals surface area contributed by atoms with E-state index in [1.54, 1.807) is 30.5 Å². The van der Waals surface area contributed by atoms with E-state index in [0.717, 1.165) is 11.1 Å². The molecule has 0 fully saturated rings. The summed E-state index contributed by atoms with van der Waals surface area (Å²) in [5.41, 5.74) is 5.15. The molecule has 5 rings (SSSR count). The molecule has 4 aromatic carbocycles. The van der Waals surface area contributed by atoms with Crippen molar-refractivity contribution in [1.29, 1.82) is 0 Å². The number of benzene rings is 4. The molecule has 0 radical (unpaired) electrons. The van der Waals surface area contributed by atoms with Crippen LogP contribution in [0.4, 0.5) is 5.69 Å².